The number of nitrogens with one attached hydrogen (secondary N) is 2. The molecule has 1 aliphatic rings. The van der Waals surface area contributed by atoms with Gasteiger partial charge in [0.25, 0.3) is 0 Å². The van der Waals surface area contributed by atoms with E-state index in [1.807, 2.05) is 61.0 Å². The van der Waals surface area contributed by atoms with E-state index in [1.165, 1.54) is 4.90 Å². The highest BCUT2D eigenvalue weighted by Gasteiger charge is 2.49. The van der Waals surface area contributed by atoms with E-state index in [4.69, 9.17) is 5.41 Å². The molecule has 4 rings (SSSR count). The minimum atomic E-state index is -0.767. The van der Waals surface area contributed by atoms with E-state index in [1.54, 1.807) is 36.2 Å². The summed E-state index contributed by atoms with van der Waals surface area (Å²) in [4.78, 5) is 16.8. The Labute approximate surface area is 190 Å². The van der Waals surface area contributed by atoms with Crippen LogP contribution >= 0.6 is 23.1 Å². The number of hydrogen-bond acceptors (Lipinski definition) is 5. The molecule has 2 atom stereocenters. The largest absolute Gasteiger partial charge is 0.345 e. The SMILES string of the molecule is CSc1ccc([C@H]2C(=O)N(C)C(=N)N[C@]2(C)c2cc(-c3cccc(C#N)c3)cs2)cc1. The summed E-state index contributed by atoms with van der Waals surface area (Å²) >= 11 is 3.22. The first-order valence-corrected chi connectivity index (χ1v) is 11.9. The fourth-order valence-corrected chi connectivity index (χ4v) is 5.43. The summed E-state index contributed by atoms with van der Waals surface area (Å²) in [5.74, 6) is -0.491. The molecule has 0 unspecified atom stereocenters. The number of nitrogens with zero attached hydrogens (tertiary/aromatic N) is 2. The highest BCUT2D eigenvalue weighted by atomic mass is 32.2. The van der Waals surface area contributed by atoms with Crippen LogP contribution in [0.5, 0.6) is 0 Å². The average Bonchev–Trinajstić information content (AvgIpc) is 3.29. The average molecular weight is 447 g/mol. The van der Waals surface area contributed by atoms with Crippen molar-refractivity contribution in [2.24, 2.45) is 0 Å². The summed E-state index contributed by atoms with van der Waals surface area (Å²) in [7, 11) is 1.63. The van der Waals surface area contributed by atoms with Gasteiger partial charge in [0.2, 0.25) is 5.91 Å². The Hall–Kier alpha value is -3.08. The number of rotatable bonds is 4. The maximum absolute atomic E-state index is 13.3. The monoisotopic (exact) mass is 446 g/mol. The van der Waals surface area contributed by atoms with Gasteiger partial charge in [-0.3, -0.25) is 15.1 Å². The molecule has 0 bridgehead atoms. The summed E-state index contributed by atoms with van der Waals surface area (Å²) < 4.78 is 0. The van der Waals surface area contributed by atoms with Gasteiger partial charge in [-0.1, -0.05) is 24.3 Å². The van der Waals surface area contributed by atoms with Crippen LogP contribution in [0.3, 0.4) is 0 Å². The van der Waals surface area contributed by atoms with Gasteiger partial charge in [-0.25, -0.2) is 0 Å². The molecule has 1 aliphatic heterocycles. The molecule has 156 valence electrons. The molecule has 0 radical (unpaired) electrons. The number of hydrogen-bond donors (Lipinski definition) is 2. The Morgan fingerprint density at radius 1 is 1.19 bits per heavy atom. The van der Waals surface area contributed by atoms with Crippen LogP contribution in [0.15, 0.2) is 64.9 Å². The summed E-state index contributed by atoms with van der Waals surface area (Å²) in [6.07, 6.45) is 2.02. The minimum absolute atomic E-state index is 0.0888. The molecule has 2 heterocycles. The second kappa shape index (κ2) is 8.22. The second-order valence-electron chi connectivity index (χ2n) is 7.67. The predicted molar refractivity (Wildman–Crippen MR) is 126 cm³/mol. The van der Waals surface area contributed by atoms with E-state index in [9.17, 15) is 10.1 Å². The molecule has 0 aliphatic carbocycles. The predicted octanol–water partition coefficient (Wildman–Crippen LogP) is 5.00. The second-order valence-corrected chi connectivity index (χ2v) is 9.46. The van der Waals surface area contributed by atoms with Crippen molar-refractivity contribution in [1.82, 2.24) is 10.2 Å². The fraction of sp³-hybridized carbons (Fsp3) is 0.208. The van der Waals surface area contributed by atoms with Crippen LogP contribution in [-0.2, 0) is 10.3 Å². The van der Waals surface area contributed by atoms with Crippen molar-refractivity contribution in [1.29, 1.82) is 10.7 Å². The molecule has 1 fully saturated rings. The van der Waals surface area contributed by atoms with E-state index < -0.39 is 11.5 Å². The maximum atomic E-state index is 13.3. The summed E-state index contributed by atoms with van der Waals surface area (Å²) in [6.45, 7) is 1.99. The van der Waals surface area contributed by atoms with Crippen molar-refractivity contribution < 1.29 is 4.79 Å². The summed E-state index contributed by atoms with van der Waals surface area (Å²) in [5.41, 5.74) is 2.71. The Bertz CT molecular complexity index is 1190. The molecule has 7 heteroatoms. The molecule has 1 aromatic heterocycles. The highest BCUT2D eigenvalue weighted by molar-refractivity contribution is 7.98. The Morgan fingerprint density at radius 2 is 1.94 bits per heavy atom. The molecule has 1 amide bonds. The lowest BCUT2D eigenvalue weighted by molar-refractivity contribution is -0.131. The highest BCUT2D eigenvalue weighted by Crippen LogP contribution is 2.44. The van der Waals surface area contributed by atoms with Crippen molar-refractivity contribution in [2.75, 3.05) is 13.3 Å². The topological polar surface area (TPSA) is 80.0 Å². The van der Waals surface area contributed by atoms with Crippen LogP contribution in [-0.4, -0.2) is 30.1 Å². The van der Waals surface area contributed by atoms with Crippen molar-refractivity contribution >= 4 is 35.0 Å². The molecule has 0 spiro atoms. The number of thiophene rings is 1. The third-order valence-corrected chi connectivity index (χ3v) is 7.66. The van der Waals surface area contributed by atoms with Gasteiger partial charge in [-0.15, -0.1) is 23.1 Å². The Morgan fingerprint density at radius 3 is 2.61 bits per heavy atom. The third-order valence-electron chi connectivity index (χ3n) is 5.75. The van der Waals surface area contributed by atoms with E-state index in [0.29, 0.717) is 5.56 Å². The molecule has 3 aromatic rings. The molecule has 5 nitrogen and oxygen atoms in total. The van der Waals surface area contributed by atoms with Gasteiger partial charge in [0, 0.05) is 16.8 Å². The van der Waals surface area contributed by atoms with Gasteiger partial charge < -0.3 is 5.32 Å². The number of carbonyl (C=O) groups excluding carboxylic acids is 1. The molecule has 2 N–H and O–H groups in total. The van der Waals surface area contributed by atoms with Gasteiger partial charge in [0.15, 0.2) is 5.96 Å². The van der Waals surface area contributed by atoms with Crippen LogP contribution in [0, 0.1) is 16.7 Å². The number of nitriles is 1. The standard InChI is InChI=1S/C24H22N4OS2/c1-24(20-12-18(14-31-20)17-6-4-5-15(11-17)13-25)21(22(29)28(2)23(26)27-24)16-7-9-19(30-3)10-8-16/h4-12,14,21H,1-3H3,(H2,26,27)/t21-,24+/m0/s1. The van der Waals surface area contributed by atoms with Crippen LogP contribution in [0.2, 0.25) is 0 Å². The van der Waals surface area contributed by atoms with E-state index in [2.05, 4.69) is 17.5 Å². The molecule has 2 aromatic carbocycles. The van der Waals surface area contributed by atoms with Crippen LogP contribution in [0.4, 0.5) is 0 Å². The zero-order valence-corrected chi connectivity index (χ0v) is 19.1. The van der Waals surface area contributed by atoms with Crippen LogP contribution < -0.4 is 5.32 Å². The first kappa shape index (κ1) is 21.2. The van der Waals surface area contributed by atoms with Gasteiger partial charge in [-0.05, 0) is 65.6 Å². The zero-order valence-electron chi connectivity index (χ0n) is 17.5. The van der Waals surface area contributed by atoms with Crippen LogP contribution in [0.25, 0.3) is 11.1 Å². The van der Waals surface area contributed by atoms with Gasteiger partial charge in [-0.2, -0.15) is 5.26 Å². The van der Waals surface area contributed by atoms with Crippen molar-refractivity contribution in [3.8, 4) is 17.2 Å². The van der Waals surface area contributed by atoms with Crippen molar-refractivity contribution in [2.45, 2.75) is 23.3 Å². The number of benzene rings is 2. The van der Waals surface area contributed by atoms with Gasteiger partial charge in [0.1, 0.15) is 0 Å². The molecule has 31 heavy (non-hydrogen) atoms. The molecular formula is C24H22N4OS2. The Kier molecular flexibility index (Phi) is 5.61. The van der Waals surface area contributed by atoms with Crippen LogP contribution in [0.1, 0.15) is 28.8 Å². The lowest BCUT2D eigenvalue weighted by Crippen LogP contribution is -2.62. The lowest BCUT2D eigenvalue weighted by Gasteiger charge is -2.45. The number of amides is 1. The zero-order chi connectivity index (χ0) is 22.2. The first-order valence-electron chi connectivity index (χ1n) is 9.75. The van der Waals surface area contributed by atoms with Gasteiger partial charge >= 0.3 is 0 Å². The third kappa shape index (κ3) is 3.73. The van der Waals surface area contributed by atoms with E-state index >= 15 is 0 Å². The summed E-state index contributed by atoms with van der Waals surface area (Å²) in [5, 5.41) is 22.9. The smallest absolute Gasteiger partial charge is 0.239 e. The van der Waals surface area contributed by atoms with E-state index in [-0.39, 0.29) is 11.9 Å². The number of carbonyl (C=O) groups is 1. The normalized spacial score (nSPS) is 21.0. The number of guanidine groups is 1. The minimum Gasteiger partial charge on any atom is -0.345 e. The lowest BCUT2D eigenvalue weighted by atomic mass is 9.76. The van der Waals surface area contributed by atoms with Crippen molar-refractivity contribution in [3.05, 3.63) is 76.0 Å². The molecule has 0 saturated carbocycles. The number of thioether (sulfide) groups is 1. The van der Waals surface area contributed by atoms with E-state index in [0.717, 1.165) is 26.5 Å². The first-order chi connectivity index (χ1) is 14.9. The quantitative estimate of drug-likeness (QED) is 0.553. The molecular weight excluding hydrogens is 424 g/mol. The summed E-state index contributed by atoms with van der Waals surface area (Å²) in [6, 6.07) is 19.8. The maximum Gasteiger partial charge on any atom is 0.239 e. The fourth-order valence-electron chi connectivity index (χ4n) is 3.96. The number of likely N-dealkylation sites (N-methyl/N-ethyl adjacent to an activating group) is 1. The Balaban J connectivity index is 1.79. The van der Waals surface area contributed by atoms with Gasteiger partial charge in [0.05, 0.1) is 23.1 Å². The molecule has 1 saturated heterocycles. The van der Waals surface area contributed by atoms with Crippen molar-refractivity contribution in [3.63, 3.8) is 0 Å².